The second-order valence-electron chi connectivity index (χ2n) is 12.5. The first kappa shape index (κ1) is 36.9. The molecular formula is C34H66O4. The molecule has 4 heteroatoms. The van der Waals surface area contributed by atoms with Crippen molar-refractivity contribution in [2.45, 2.75) is 176 Å². The van der Waals surface area contributed by atoms with Crippen LogP contribution in [0.1, 0.15) is 176 Å². The van der Waals surface area contributed by atoms with E-state index in [0.717, 1.165) is 56.8 Å². The second-order valence-corrected chi connectivity index (χ2v) is 12.5. The van der Waals surface area contributed by atoms with Gasteiger partial charge in [-0.1, -0.05) is 125 Å². The predicted molar refractivity (Wildman–Crippen MR) is 162 cm³/mol. The van der Waals surface area contributed by atoms with Crippen LogP contribution in [0.5, 0.6) is 0 Å². The van der Waals surface area contributed by atoms with Crippen LogP contribution in [0.25, 0.3) is 0 Å². The van der Waals surface area contributed by atoms with Gasteiger partial charge in [-0.3, -0.25) is 9.59 Å². The van der Waals surface area contributed by atoms with Crippen molar-refractivity contribution >= 4 is 11.9 Å². The molecular weight excluding hydrogens is 472 g/mol. The highest BCUT2D eigenvalue weighted by Gasteiger charge is 2.10. The summed E-state index contributed by atoms with van der Waals surface area (Å²) in [6, 6.07) is 0. The van der Waals surface area contributed by atoms with E-state index in [1.165, 1.54) is 83.5 Å². The number of hydrogen-bond donors (Lipinski definition) is 0. The summed E-state index contributed by atoms with van der Waals surface area (Å²) in [5.74, 6) is 2.12. The Labute approximate surface area is 237 Å². The van der Waals surface area contributed by atoms with Crippen LogP contribution < -0.4 is 0 Å². The molecule has 226 valence electrons. The monoisotopic (exact) mass is 538 g/mol. The number of unbranched alkanes of at least 4 members (excludes halogenated alkanes) is 12. The van der Waals surface area contributed by atoms with Crippen molar-refractivity contribution in [1.29, 1.82) is 0 Å². The first-order chi connectivity index (χ1) is 18.3. The van der Waals surface area contributed by atoms with Gasteiger partial charge in [-0.05, 0) is 56.3 Å². The Balaban J connectivity index is 3.43. The number of hydrogen-bond acceptors (Lipinski definition) is 4. The van der Waals surface area contributed by atoms with Gasteiger partial charge in [0.25, 0.3) is 0 Å². The van der Waals surface area contributed by atoms with Crippen LogP contribution in [0, 0.1) is 17.8 Å². The van der Waals surface area contributed by atoms with Crippen LogP contribution in [0.3, 0.4) is 0 Å². The van der Waals surface area contributed by atoms with Crippen LogP contribution in [-0.2, 0) is 19.1 Å². The number of esters is 2. The fraction of sp³-hybridized carbons (Fsp3) is 0.941. The third-order valence-corrected chi connectivity index (χ3v) is 7.71. The fourth-order valence-electron chi connectivity index (χ4n) is 4.99. The molecule has 0 rings (SSSR count). The minimum atomic E-state index is -0.00906. The van der Waals surface area contributed by atoms with Gasteiger partial charge in [-0.2, -0.15) is 0 Å². The lowest BCUT2D eigenvalue weighted by molar-refractivity contribution is -0.145. The number of carbonyl (C=O) groups is 2. The quantitative estimate of drug-likeness (QED) is 0.0734. The molecule has 0 aliphatic rings. The highest BCUT2D eigenvalue weighted by atomic mass is 16.5. The fourth-order valence-corrected chi connectivity index (χ4v) is 4.99. The van der Waals surface area contributed by atoms with Gasteiger partial charge in [0, 0.05) is 12.8 Å². The summed E-state index contributed by atoms with van der Waals surface area (Å²) in [7, 11) is 0. The molecule has 1 atom stereocenters. The first-order valence-corrected chi connectivity index (χ1v) is 16.7. The van der Waals surface area contributed by atoms with E-state index in [1.807, 2.05) is 0 Å². The maximum atomic E-state index is 12.0. The number of ether oxygens (including phenoxy) is 2. The Kier molecular flexibility index (Phi) is 26.7. The summed E-state index contributed by atoms with van der Waals surface area (Å²) in [6.45, 7) is 12.4. The molecule has 0 heterocycles. The summed E-state index contributed by atoms with van der Waals surface area (Å²) >= 11 is 0. The zero-order valence-corrected chi connectivity index (χ0v) is 26.3. The van der Waals surface area contributed by atoms with Gasteiger partial charge in [0.1, 0.15) is 0 Å². The maximum Gasteiger partial charge on any atom is 0.305 e. The van der Waals surface area contributed by atoms with E-state index in [0.29, 0.717) is 32.0 Å². The van der Waals surface area contributed by atoms with Crippen molar-refractivity contribution in [2.75, 3.05) is 13.2 Å². The predicted octanol–water partition coefficient (Wildman–Crippen LogP) is 10.6. The zero-order valence-electron chi connectivity index (χ0n) is 26.3. The van der Waals surface area contributed by atoms with Gasteiger partial charge in [-0.25, -0.2) is 0 Å². The lowest BCUT2D eigenvalue weighted by Crippen LogP contribution is -2.09. The SMILES string of the molecule is CCC(CCCCCCCCCCCCCC(=O)OCCCCC(C)C)CCC(=O)OCCCCC(C)C. The second kappa shape index (κ2) is 27.5. The lowest BCUT2D eigenvalue weighted by atomic mass is 9.93. The summed E-state index contributed by atoms with van der Waals surface area (Å²) < 4.78 is 10.7. The Morgan fingerprint density at radius 3 is 1.32 bits per heavy atom. The molecule has 0 aromatic carbocycles. The minimum Gasteiger partial charge on any atom is -0.466 e. The number of rotatable bonds is 28. The molecule has 0 radical (unpaired) electrons. The van der Waals surface area contributed by atoms with Gasteiger partial charge in [0.2, 0.25) is 0 Å². The van der Waals surface area contributed by atoms with E-state index in [4.69, 9.17) is 9.47 Å². The summed E-state index contributed by atoms with van der Waals surface area (Å²) in [6.07, 6.45) is 25.3. The Bertz CT molecular complexity index is 529. The van der Waals surface area contributed by atoms with Crippen molar-refractivity contribution in [3.8, 4) is 0 Å². The standard InChI is InChI=1S/C34H66O4/c1-6-32(26-27-34(36)38-29-21-19-23-31(4)5)24-16-14-12-10-8-7-9-11-13-15-17-25-33(35)37-28-20-18-22-30(2)3/h30-32H,6-29H2,1-5H3. The van der Waals surface area contributed by atoms with Gasteiger partial charge in [-0.15, -0.1) is 0 Å². The third-order valence-electron chi connectivity index (χ3n) is 7.71. The van der Waals surface area contributed by atoms with Crippen molar-refractivity contribution < 1.29 is 19.1 Å². The molecule has 0 aliphatic heterocycles. The van der Waals surface area contributed by atoms with E-state index < -0.39 is 0 Å². The maximum absolute atomic E-state index is 12.0. The molecule has 0 bridgehead atoms. The van der Waals surface area contributed by atoms with Crippen LogP contribution in [0.4, 0.5) is 0 Å². The van der Waals surface area contributed by atoms with E-state index >= 15 is 0 Å². The van der Waals surface area contributed by atoms with Crippen molar-refractivity contribution in [1.82, 2.24) is 0 Å². The summed E-state index contributed by atoms with van der Waals surface area (Å²) in [5.41, 5.74) is 0. The third kappa shape index (κ3) is 28.0. The van der Waals surface area contributed by atoms with E-state index in [2.05, 4.69) is 34.6 Å². The molecule has 0 spiro atoms. The molecule has 0 saturated carbocycles. The largest absolute Gasteiger partial charge is 0.466 e. The van der Waals surface area contributed by atoms with Crippen molar-refractivity contribution in [3.05, 3.63) is 0 Å². The highest BCUT2D eigenvalue weighted by molar-refractivity contribution is 5.69. The summed E-state index contributed by atoms with van der Waals surface area (Å²) in [5, 5.41) is 0. The Hall–Kier alpha value is -1.06. The molecule has 0 saturated heterocycles. The topological polar surface area (TPSA) is 52.6 Å². The average molecular weight is 539 g/mol. The molecule has 0 N–H and O–H groups in total. The highest BCUT2D eigenvalue weighted by Crippen LogP contribution is 2.21. The normalized spacial score (nSPS) is 12.3. The van der Waals surface area contributed by atoms with Crippen LogP contribution in [0.2, 0.25) is 0 Å². The van der Waals surface area contributed by atoms with Crippen LogP contribution >= 0.6 is 0 Å². The molecule has 1 unspecified atom stereocenters. The van der Waals surface area contributed by atoms with Gasteiger partial charge in [0.05, 0.1) is 13.2 Å². The lowest BCUT2D eigenvalue weighted by Gasteiger charge is -2.14. The molecule has 0 aromatic rings. The Morgan fingerprint density at radius 1 is 0.474 bits per heavy atom. The molecule has 4 nitrogen and oxygen atoms in total. The van der Waals surface area contributed by atoms with E-state index in [-0.39, 0.29) is 11.9 Å². The summed E-state index contributed by atoms with van der Waals surface area (Å²) in [4.78, 5) is 23.8. The van der Waals surface area contributed by atoms with Crippen molar-refractivity contribution in [3.63, 3.8) is 0 Å². The molecule has 38 heavy (non-hydrogen) atoms. The van der Waals surface area contributed by atoms with Crippen molar-refractivity contribution in [2.24, 2.45) is 17.8 Å². The molecule has 0 fully saturated rings. The van der Waals surface area contributed by atoms with Crippen LogP contribution in [-0.4, -0.2) is 25.2 Å². The van der Waals surface area contributed by atoms with Gasteiger partial charge in [0.15, 0.2) is 0 Å². The zero-order chi connectivity index (χ0) is 28.3. The average Bonchev–Trinajstić information content (AvgIpc) is 2.87. The molecule has 0 aromatic heterocycles. The molecule has 0 aliphatic carbocycles. The first-order valence-electron chi connectivity index (χ1n) is 16.7. The number of carbonyl (C=O) groups excluding carboxylic acids is 2. The van der Waals surface area contributed by atoms with E-state index in [9.17, 15) is 9.59 Å². The van der Waals surface area contributed by atoms with Gasteiger partial charge < -0.3 is 9.47 Å². The van der Waals surface area contributed by atoms with Crippen LogP contribution in [0.15, 0.2) is 0 Å². The van der Waals surface area contributed by atoms with Gasteiger partial charge >= 0.3 is 11.9 Å². The smallest absolute Gasteiger partial charge is 0.305 e. The minimum absolute atomic E-state index is 0.00148. The Morgan fingerprint density at radius 2 is 0.868 bits per heavy atom. The van der Waals surface area contributed by atoms with E-state index in [1.54, 1.807) is 0 Å². The molecule has 0 amide bonds.